The molecule has 3 unspecified atom stereocenters. The fourth-order valence-electron chi connectivity index (χ4n) is 2.31. The summed E-state index contributed by atoms with van der Waals surface area (Å²) in [6, 6.07) is 0. The normalized spacial score (nSPS) is 32.6. The van der Waals surface area contributed by atoms with E-state index in [4.69, 9.17) is 32.0 Å². The molecule has 90 valence electrons. The van der Waals surface area contributed by atoms with Crippen molar-refractivity contribution in [2.75, 3.05) is 0 Å². The fourth-order valence-corrected chi connectivity index (χ4v) is 2.68. The van der Waals surface area contributed by atoms with E-state index < -0.39 is 6.85 Å². The van der Waals surface area contributed by atoms with Crippen LogP contribution >= 0.6 is 29.3 Å². The van der Waals surface area contributed by atoms with E-state index in [-0.39, 0.29) is 6.10 Å². The summed E-state index contributed by atoms with van der Waals surface area (Å²) in [5, 5.41) is 0. The molecule has 1 fully saturated rings. The Bertz CT molecular complexity index is 190. The van der Waals surface area contributed by atoms with Gasteiger partial charge in [0.2, 0.25) is 0 Å². The molecule has 0 amide bonds. The van der Waals surface area contributed by atoms with Crippen molar-refractivity contribution in [2.45, 2.75) is 46.1 Å². The van der Waals surface area contributed by atoms with Gasteiger partial charge in [0, 0.05) is 0 Å². The van der Waals surface area contributed by atoms with Crippen molar-refractivity contribution in [1.29, 1.82) is 0 Å². The third kappa shape index (κ3) is 4.75. The molecule has 0 aromatic carbocycles. The molecule has 1 aliphatic rings. The first kappa shape index (κ1) is 14.0. The van der Waals surface area contributed by atoms with Gasteiger partial charge in [0.05, 0.1) is 6.10 Å². The summed E-state index contributed by atoms with van der Waals surface area (Å²) in [6.07, 6.45) is 3.67. The zero-order valence-corrected chi connectivity index (χ0v) is 11.9. The highest BCUT2D eigenvalue weighted by atomic mass is 35.9. The van der Waals surface area contributed by atoms with Crippen molar-refractivity contribution in [3.63, 3.8) is 0 Å². The minimum atomic E-state index is -1.46. The van der Waals surface area contributed by atoms with E-state index in [1.807, 2.05) is 0 Å². The smallest absolute Gasteiger partial charge is 0.227 e. The van der Waals surface area contributed by atoms with Crippen LogP contribution < -0.4 is 0 Å². The van der Waals surface area contributed by atoms with Gasteiger partial charge < -0.3 is 0 Å². The second-order valence-electron chi connectivity index (χ2n) is 4.74. The molecule has 0 saturated heterocycles. The predicted octanol–water partition coefficient (Wildman–Crippen LogP) is 5.10. The zero-order valence-electron chi connectivity index (χ0n) is 9.45. The number of rotatable bonds is 4. The summed E-state index contributed by atoms with van der Waals surface area (Å²) in [5.41, 5.74) is 0. The Morgan fingerprint density at radius 2 is 1.93 bits per heavy atom. The maximum atomic E-state index is 5.54. The lowest BCUT2D eigenvalue weighted by atomic mass is 9.75. The van der Waals surface area contributed by atoms with Gasteiger partial charge in [-0.05, 0) is 53.1 Å². The second-order valence-corrected chi connectivity index (χ2v) is 7.65. The van der Waals surface area contributed by atoms with Gasteiger partial charge in [0.25, 0.3) is 6.85 Å². The van der Waals surface area contributed by atoms with E-state index in [9.17, 15) is 0 Å². The van der Waals surface area contributed by atoms with Crippen molar-refractivity contribution in [1.82, 2.24) is 0 Å². The van der Waals surface area contributed by atoms with Crippen LogP contribution in [0.1, 0.15) is 40.0 Å². The van der Waals surface area contributed by atoms with Crippen molar-refractivity contribution >= 4 is 29.3 Å². The van der Waals surface area contributed by atoms with Crippen LogP contribution in [0.15, 0.2) is 0 Å². The quantitative estimate of drug-likeness (QED) is 0.403. The third-order valence-corrected chi connectivity index (χ3v) is 3.72. The van der Waals surface area contributed by atoms with E-state index in [1.54, 1.807) is 0 Å². The lowest BCUT2D eigenvalue weighted by molar-refractivity contribution is -0.262. The van der Waals surface area contributed by atoms with E-state index >= 15 is 0 Å². The molecule has 0 spiro atoms. The highest BCUT2D eigenvalue weighted by Gasteiger charge is 2.32. The maximum Gasteiger partial charge on any atom is 0.262 e. The van der Waals surface area contributed by atoms with Gasteiger partial charge in [-0.2, -0.15) is 4.67 Å². The molecular weight excluding hydrogens is 254 g/mol. The third-order valence-electron chi connectivity index (χ3n) is 3.18. The lowest BCUT2D eigenvalue weighted by Gasteiger charge is -2.35. The van der Waals surface area contributed by atoms with Crippen molar-refractivity contribution in [3.05, 3.63) is 0 Å². The summed E-state index contributed by atoms with van der Waals surface area (Å²) >= 11 is 11.1. The average Bonchev–Trinajstić information content (AvgIpc) is 2.14. The summed E-state index contributed by atoms with van der Waals surface area (Å²) in [7, 11) is 0. The van der Waals surface area contributed by atoms with Crippen molar-refractivity contribution in [3.8, 4) is 0 Å². The van der Waals surface area contributed by atoms with Crippen LogP contribution in [-0.4, -0.2) is 6.10 Å². The van der Waals surface area contributed by atoms with Gasteiger partial charge in [-0.3, -0.25) is 0 Å². The molecule has 5 heteroatoms. The van der Waals surface area contributed by atoms with Gasteiger partial charge in [0.15, 0.2) is 0 Å². The van der Waals surface area contributed by atoms with Crippen LogP contribution in [0, 0.1) is 17.8 Å². The van der Waals surface area contributed by atoms with Crippen LogP contribution in [0.3, 0.4) is 0 Å². The molecule has 0 N–H and O–H groups in total. The van der Waals surface area contributed by atoms with Crippen LogP contribution in [0.4, 0.5) is 0 Å². The van der Waals surface area contributed by atoms with Crippen LogP contribution in [-0.2, 0) is 9.56 Å². The molecule has 0 aromatic heterocycles. The Kier molecular flexibility index (Phi) is 6.17. The first-order valence-electron chi connectivity index (χ1n) is 5.45. The van der Waals surface area contributed by atoms with Gasteiger partial charge in [-0.15, -0.1) is 0 Å². The Morgan fingerprint density at radius 3 is 2.47 bits per heavy atom. The largest absolute Gasteiger partial charge is 0.262 e. The molecule has 1 saturated carbocycles. The van der Waals surface area contributed by atoms with E-state index in [1.165, 1.54) is 12.8 Å². The Hall–Kier alpha value is 0.930. The topological polar surface area (TPSA) is 18.5 Å². The average molecular weight is 273 g/mol. The Labute approximate surface area is 103 Å². The fraction of sp³-hybridized carbons (Fsp3) is 1.00. The maximum absolute atomic E-state index is 5.54. The molecule has 0 radical (unpaired) electrons. The van der Waals surface area contributed by atoms with Gasteiger partial charge in [-0.1, -0.05) is 27.2 Å². The first-order chi connectivity index (χ1) is 7.00. The molecule has 1 aliphatic carbocycles. The molecule has 0 heterocycles. The number of hydrogen-bond acceptors (Lipinski definition) is 2. The molecular formula is C10H19Cl2O2P. The monoisotopic (exact) mass is 272 g/mol. The molecule has 2 nitrogen and oxygen atoms in total. The summed E-state index contributed by atoms with van der Waals surface area (Å²) in [4.78, 5) is 5.35. The Balaban J connectivity index is 2.46. The summed E-state index contributed by atoms with van der Waals surface area (Å²) in [5.74, 6) is 1.87. The van der Waals surface area contributed by atoms with Crippen LogP contribution in [0.5, 0.6) is 0 Å². The minimum absolute atomic E-state index is 0.149. The van der Waals surface area contributed by atoms with Gasteiger partial charge >= 0.3 is 0 Å². The molecule has 3 atom stereocenters. The highest BCUT2D eigenvalue weighted by molar-refractivity contribution is 8.00. The molecule has 0 aromatic rings. The first-order valence-corrected chi connectivity index (χ1v) is 8.52. The van der Waals surface area contributed by atoms with E-state index in [0.29, 0.717) is 17.8 Å². The molecule has 0 bridgehead atoms. The van der Waals surface area contributed by atoms with Crippen LogP contribution in [0.2, 0.25) is 0 Å². The molecule has 1 rings (SSSR count). The molecule has 0 aliphatic heterocycles. The van der Waals surface area contributed by atoms with E-state index in [0.717, 1.165) is 6.42 Å². The highest BCUT2D eigenvalue weighted by Crippen LogP contribution is 2.49. The predicted molar refractivity (Wildman–Crippen MR) is 65.9 cm³/mol. The van der Waals surface area contributed by atoms with Crippen molar-refractivity contribution < 1.29 is 9.56 Å². The summed E-state index contributed by atoms with van der Waals surface area (Å²) < 4.78 is 4.91. The summed E-state index contributed by atoms with van der Waals surface area (Å²) in [6.45, 7) is 5.24. The SMILES string of the molecule is CC1CCC(C(C)C)C(OOP(Cl)Cl)C1. The second kappa shape index (κ2) is 6.61. The lowest BCUT2D eigenvalue weighted by Crippen LogP contribution is -2.33. The molecule has 15 heavy (non-hydrogen) atoms. The van der Waals surface area contributed by atoms with E-state index in [2.05, 4.69) is 20.8 Å². The van der Waals surface area contributed by atoms with Crippen LogP contribution in [0.25, 0.3) is 0 Å². The zero-order chi connectivity index (χ0) is 11.4. The minimum Gasteiger partial charge on any atom is -0.227 e. The van der Waals surface area contributed by atoms with Crippen molar-refractivity contribution in [2.24, 2.45) is 17.8 Å². The van der Waals surface area contributed by atoms with Gasteiger partial charge in [-0.25, -0.2) is 4.89 Å². The Morgan fingerprint density at radius 1 is 1.27 bits per heavy atom. The number of hydrogen-bond donors (Lipinski definition) is 0. The van der Waals surface area contributed by atoms with Gasteiger partial charge in [0.1, 0.15) is 0 Å². The number of halogens is 2. The standard InChI is InChI=1S/C10H19Cl2O2P/c1-7(2)9-5-4-8(3)6-10(9)13-14-15(11)12/h7-10H,4-6H2,1-3H3.